The molecule has 1 N–H and O–H groups in total. The van der Waals surface area contributed by atoms with Crippen molar-refractivity contribution in [2.24, 2.45) is 0 Å². The zero-order chi connectivity index (χ0) is 15.4. The molecule has 0 saturated heterocycles. The van der Waals surface area contributed by atoms with Crippen LogP contribution < -0.4 is 5.56 Å². The Bertz CT molecular complexity index is 814. The number of aromatic nitrogens is 4. The van der Waals surface area contributed by atoms with E-state index in [1.807, 2.05) is 30.5 Å². The van der Waals surface area contributed by atoms with E-state index in [1.165, 1.54) is 28.9 Å². The van der Waals surface area contributed by atoms with Gasteiger partial charge in [-0.1, -0.05) is 16.9 Å². The van der Waals surface area contributed by atoms with Crippen LogP contribution in [-0.2, 0) is 5.75 Å². The Labute approximate surface area is 134 Å². The molecule has 2 aromatic heterocycles. The lowest BCUT2D eigenvalue weighted by molar-refractivity contribution is 0.391. The van der Waals surface area contributed by atoms with Crippen molar-refractivity contribution in [3.63, 3.8) is 0 Å². The van der Waals surface area contributed by atoms with Crippen molar-refractivity contribution in [1.29, 1.82) is 0 Å². The fourth-order valence-electron chi connectivity index (χ4n) is 1.73. The van der Waals surface area contributed by atoms with E-state index in [1.54, 1.807) is 11.8 Å². The maximum Gasteiger partial charge on any atom is 0.251 e. The molecule has 8 heteroatoms. The molecule has 22 heavy (non-hydrogen) atoms. The Hall–Kier alpha value is -2.06. The maximum atomic E-state index is 11.2. The molecule has 3 rings (SSSR count). The second-order valence-corrected chi connectivity index (χ2v) is 6.11. The molecule has 3 aromatic rings. The van der Waals surface area contributed by atoms with E-state index in [-0.39, 0.29) is 5.56 Å². The third-order valence-corrected chi connectivity index (χ3v) is 4.41. The molecule has 0 aliphatic carbocycles. The number of hydrogen-bond donors (Lipinski definition) is 1. The molecule has 0 aliphatic rings. The van der Waals surface area contributed by atoms with Gasteiger partial charge in [0, 0.05) is 22.7 Å². The number of nitrogens with zero attached hydrogens (tertiary/aromatic N) is 3. The van der Waals surface area contributed by atoms with Gasteiger partial charge in [0.15, 0.2) is 5.16 Å². The zero-order valence-electron chi connectivity index (χ0n) is 11.6. The average molecular weight is 332 g/mol. The highest BCUT2D eigenvalue weighted by atomic mass is 32.2. The third kappa shape index (κ3) is 3.58. The topological polar surface area (TPSA) is 84.7 Å². The van der Waals surface area contributed by atoms with Crippen LogP contribution in [0.15, 0.2) is 55.9 Å². The van der Waals surface area contributed by atoms with E-state index in [9.17, 15) is 4.79 Å². The van der Waals surface area contributed by atoms with E-state index in [4.69, 9.17) is 4.52 Å². The van der Waals surface area contributed by atoms with Crippen molar-refractivity contribution in [3.8, 4) is 11.4 Å². The van der Waals surface area contributed by atoms with Gasteiger partial charge in [-0.3, -0.25) is 4.79 Å². The molecule has 1 aromatic carbocycles. The zero-order valence-corrected chi connectivity index (χ0v) is 13.3. The number of benzene rings is 1. The summed E-state index contributed by atoms with van der Waals surface area (Å²) in [7, 11) is 0. The highest BCUT2D eigenvalue weighted by molar-refractivity contribution is 7.98. The van der Waals surface area contributed by atoms with Gasteiger partial charge < -0.3 is 9.51 Å². The molecule has 0 saturated carbocycles. The smallest absolute Gasteiger partial charge is 0.251 e. The Morgan fingerprint density at radius 1 is 1.23 bits per heavy atom. The summed E-state index contributed by atoms with van der Waals surface area (Å²) in [5, 5.41) is 4.50. The molecular weight excluding hydrogens is 320 g/mol. The van der Waals surface area contributed by atoms with Crippen LogP contribution in [0.25, 0.3) is 11.4 Å². The molecule has 0 spiro atoms. The maximum absolute atomic E-state index is 11.2. The fraction of sp³-hybridized carbons (Fsp3) is 0.143. The van der Waals surface area contributed by atoms with Crippen molar-refractivity contribution < 1.29 is 4.52 Å². The molecule has 0 fully saturated rings. The molecule has 0 amide bonds. The normalized spacial score (nSPS) is 10.8. The highest BCUT2D eigenvalue weighted by Crippen LogP contribution is 2.22. The van der Waals surface area contributed by atoms with E-state index in [0.717, 1.165) is 5.56 Å². The summed E-state index contributed by atoms with van der Waals surface area (Å²) < 4.78 is 5.22. The van der Waals surface area contributed by atoms with Gasteiger partial charge in [-0.2, -0.15) is 4.98 Å². The van der Waals surface area contributed by atoms with Crippen LogP contribution >= 0.6 is 23.5 Å². The van der Waals surface area contributed by atoms with Crippen LogP contribution in [0.1, 0.15) is 5.89 Å². The standard InChI is InChI=1S/C14H12N4O2S2/c1-21-10-4-2-9(3-5-10)13-17-12(20-18-13)8-22-14-15-7-6-11(19)16-14/h2-7H,8H2,1H3,(H,15,16,19). The van der Waals surface area contributed by atoms with Crippen molar-refractivity contribution in [1.82, 2.24) is 20.1 Å². The molecule has 112 valence electrons. The average Bonchev–Trinajstić information content (AvgIpc) is 3.02. The van der Waals surface area contributed by atoms with E-state index < -0.39 is 0 Å². The molecule has 2 heterocycles. The van der Waals surface area contributed by atoms with Crippen molar-refractivity contribution in [2.75, 3.05) is 6.26 Å². The quantitative estimate of drug-likeness (QED) is 0.568. The number of aromatic amines is 1. The van der Waals surface area contributed by atoms with Gasteiger partial charge in [0.2, 0.25) is 11.7 Å². The highest BCUT2D eigenvalue weighted by Gasteiger charge is 2.09. The summed E-state index contributed by atoms with van der Waals surface area (Å²) in [4.78, 5) is 23.4. The summed E-state index contributed by atoms with van der Waals surface area (Å²) in [6, 6.07) is 9.33. The lowest BCUT2D eigenvalue weighted by Crippen LogP contribution is -2.05. The first-order valence-corrected chi connectivity index (χ1v) is 8.61. The van der Waals surface area contributed by atoms with Crippen molar-refractivity contribution in [2.45, 2.75) is 15.8 Å². The summed E-state index contributed by atoms with van der Waals surface area (Å²) >= 11 is 3.02. The number of nitrogens with one attached hydrogen (secondary N) is 1. The SMILES string of the molecule is CSc1ccc(-c2noc(CSc3nccc(=O)[nH]3)n2)cc1. The molecule has 0 radical (unpaired) electrons. The number of rotatable bonds is 5. The van der Waals surface area contributed by atoms with Crippen LogP contribution in [0.2, 0.25) is 0 Å². The number of thioether (sulfide) groups is 2. The van der Waals surface area contributed by atoms with Crippen LogP contribution in [0.3, 0.4) is 0 Å². The van der Waals surface area contributed by atoms with Gasteiger partial charge in [-0.15, -0.1) is 11.8 Å². The molecule has 0 aliphatic heterocycles. The van der Waals surface area contributed by atoms with Gasteiger partial charge >= 0.3 is 0 Å². The summed E-state index contributed by atoms with van der Waals surface area (Å²) in [5.74, 6) is 1.49. The first-order valence-electron chi connectivity index (χ1n) is 6.40. The molecule has 0 unspecified atom stereocenters. The van der Waals surface area contributed by atoms with Crippen molar-refractivity contribution >= 4 is 23.5 Å². The minimum atomic E-state index is -0.183. The third-order valence-electron chi connectivity index (χ3n) is 2.80. The first kappa shape index (κ1) is 14.9. The fourth-order valence-corrected chi connectivity index (χ4v) is 2.82. The van der Waals surface area contributed by atoms with Crippen LogP contribution in [0.5, 0.6) is 0 Å². The minimum Gasteiger partial charge on any atom is -0.338 e. The van der Waals surface area contributed by atoms with Gasteiger partial charge in [-0.25, -0.2) is 4.98 Å². The van der Waals surface area contributed by atoms with Gasteiger partial charge in [-0.05, 0) is 30.5 Å². The molecule has 6 nitrogen and oxygen atoms in total. The summed E-state index contributed by atoms with van der Waals surface area (Å²) in [6.07, 6.45) is 3.49. The number of hydrogen-bond acceptors (Lipinski definition) is 7. The minimum absolute atomic E-state index is 0.183. The van der Waals surface area contributed by atoms with Gasteiger partial charge in [0.25, 0.3) is 5.56 Å². The van der Waals surface area contributed by atoms with E-state index in [0.29, 0.717) is 22.6 Å². The predicted molar refractivity (Wildman–Crippen MR) is 85.9 cm³/mol. The summed E-state index contributed by atoms with van der Waals surface area (Å²) in [5.41, 5.74) is 0.724. The molecule has 0 atom stereocenters. The molecular formula is C14H12N4O2S2. The Morgan fingerprint density at radius 2 is 2.05 bits per heavy atom. The van der Waals surface area contributed by atoms with Crippen LogP contribution in [0.4, 0.5) is 0 Å². The second kappa shape index (κ2) is 6.80. The van der Waals surface area contributed by atoms with Crippen LogP contribution in [-0.4, -0.2) is 26.4 Å². The Morgan fingerprint density at radius 3 is 2.77 bits per heavy atom. The Balaban J connectivity index is 1.69. The van der Waals surface area contributed by atoms with E-state index in [2.05, 4.69) is 20.1 Å². The first-order chi connectivity index (χ1) is 10.7. The second-order valence-electron chi connectivity index (χ2n) is 4.27. The van der Waals surface area contributed by atoms with E-state index >= 15 is 0 Å². The van der Waals surface area contributed by atoms with Gasteiger partial charge in [0.1, 0.15) is 0 Å². The number of H-pyrrole nitrogens is 1. The van der Waals surface area contributed by atoms with Crippen LogP contribution in [0, 0.1) is 0 Å². The van der Waals surface area contributed by atoms with Crippen molar-refractivity contribution in [3.05, 3.63) is 52.8 Å². The lowest BCUT2D eigenvalue weighted by atomic mass is 10.2. The lowest BCUT2D eigenvalue weighted by Gasteiger charge is -1.97. The predicted octanol–water partition coefficient (Wildman–Crippen LogP) is 2.83. The Kier molecular flexibility index (Phi) is 4.59. The monoisotopic (exact) mass is 332 g/mol. The van der Waals surface area contributed by atoms with Gasteiger partial charge in [0.05, 0.1) is 5.75 Å². The largest absolute Gasteiger partial charge is 0.338 e. The molecule has 0 bridgehead atoms. The summed E-state index contributed by atoms with van der Waals surface area (Å²) in [6.45, 7) is 0.